The van der Waals surface area contributed by atoms with Crippen LogP contribution in [0.1, 0.15) is 63.5 Å². The van der Waals surface area contributed by atoms with Crippen LogP contribution >= 0.6 is 11.3 Å². The molecule has 1 heterocycles. The summed E-state index contributed by atoms with van der Waals surface area (Å²) >= 11 is 1.64. The van der Waals surface area contributed by atoms with E-state index in [1.165, 1.54) is 11.6 Å². The van der Waals surface area contributed by atoms with Gasteiger partial charge in [-0.05, 0) is 66.0 Å². The van der Waals surface area contributed by atoms with E-state index in [4.69, 9.17) is 9.84 Å². The Morgan fingerprint density at radius 1 is 1.24 bits per heavy atom. The summed E-state index contributed by atoms with van der Waals surface area (Å²) in [5.41, 5.74) is 5.38. The van der Waals surface area contributed by atoms with Gasteiger partial charge in [-0.15, -0.1) is 11.3 Å². The molecule has 2 rings (SSSR count). The molecule has 0 atom stereocenters. The molecule has 0 amide bonds. The highest BCUT2D eigenvalue weighted by Gasteiger charge is 2.20. The van der Waals surface area contributed by atoms with Crippen molar-refractivity contribution in [3.05, 3.63) is 57.3 Å². The first-order valence-corrected chi connectivity index (χ1v) is 11.0. The summed E-state index contributed by atoms with van der Waals surface area (Å²) in [6.45, 7) is 13.4. The number of rotatable bonds is 8. The lowest BCUT2D eigenvalue weighted by Crippen LogP contribution is -2.12. The Balaban J connectivity index is 2.55. The minimum absolute atomic E-state index is 0.0360. The summed E-state index contributed by atoms with van der Waals surface area (Å²) in [4.78, 5) is 12.0. The van der Waals surface area contributed by atoms with Gasteiger partial charge in [-0.3, -0.25) is 0 Å². The van der Waals surface area contributed by atoms with Gasteiger partial charge in [0, 0.05) is 22.1 Å². The number of carbonyl (C=O) groups is 1. The minimum Gasteiger partial charge on any atom is -0.493 e. The molecule has 0 radical (unpaired) electrons. The molecule has 1 aromatic heterocycles. The molecule has 0 saturated heterocycles. The quantitative estimate of drug-likeness (QED) is 0.282. The fourth-order valence-electron chi connectivity index (χ4n) is 3.04. The molecule has 156 valence electrons. The number of allylic oxidation sites excluding steroid dienone is 2. The van der Waals surface area contributed by atoms with Gasteiger partial charge in [0.05, 0.1) is 6.61 Å². The third-order valence-corrected chi connectivity index (χ3v) is 5.60. The molecule has 0 saturated carbocycles. The summed E-state index contributed by atoms with van der Waals surface area (Å²) in [6.07, 6.45) is 7.17. The molecule has 0 fully saturated rings. The van der Waals surface area contributed by atoms with Crippen LogP contribution < -0.4 is 4.74 Å². The highest BCUT2D eigenvalue weighted by Crippen LogP contribution is 2.41. The number of hydrogen-bond donors (Lipinski definition) is 1. The minimum atomic E-state index is -0.932. The molecule has 0 aliphatic rings. The predicted molar refractivity (Wildman–Crippen MR) is 124 cm³/mol. The molecule has 0 aliphatic heterocycles. The van der Waals surface area contributed by atoms with Gasteiger partial charge in [-0.25, -0.2) is 4.79 Å². The van der Waals surface area contributed by atoms with Crippen molar-refractivity contribution < 1.29 is 14.6 Å². The van der Waals surface area contributed by atoms with Gasteiger partial charge >= 0.3 is 5.97 Å². The Labute approximate surface area is 178 Å². The maximum Gasteiger partial charge on any atom is 0.328 e. The number of aryl methyl sites for hydroxylation is 1. The number of aliphatic carboxylic acids is 1. The van der Waals surface area contributed by atoms with Crippen molar-refractivity contribution in [2.75, 3.05) is 6.61 Å². The highest BCUT2D eigenvalue weighted by atomic mass is 32.1. The molecule has 1 N–H and O–H groups in total. The summed E-state index contributed by atoms with van der Waals surface area (Å²) in [5.74, 6) is 0.0102. The van der Waals surface area contributed by atoms with Crippen molar-refractivity contribution in [1.29, 1.82) is 0 Å². The number of ether oxygens (including phenoxy) is 1. The maximum absolute atomic E-state index is 10.9. The van der Waals surface area contributed by atoms with Gasteiger partial charge in [0.1, 0.15) is 5.75 Å². The number of unbranched alkanes of at least 4 members (excludes halogenated alkanes) is 1. The molecule has 1 aromatic carbocycles. The van der Waals surface area contributed by atoms with Gasteiger partial charge < -0.3 is 9.84 Å². The monoisotopic (exact) mass is 412 g/mol. The van der Waals surface area contributed by atoms with Crippen LogP contribution in [-0.2, 0) is 10.2 Å². The zero-order chi connectivity index (χ0) is 21.6. The van der Waals surface area contributed by atoms with Crippen molar-refractivity contribution in [2.24, 2.45) is 0 Å². The fraction of sp³-hybridized carbons (Fsp3) is 0.400. The lowest BCUT2D eigenvalue weighted by Gasteiger charge is -2.23. The van der Waals surface area contributed by atoms with Crippen LogP contribution in [0.4, 0.5) is 0 Å². The van der Waals surface area contributed by atoms with Crippen LogP contribution in [0.15, 0.2) is 41.3 Å². The van der Waals surface area contributed by atoms with E-state index >= 15 is 0 Å². The first-order valence-electron chi connectivity index (χ1n) is 10.1. The Morgan fingerprint density at radius 2 is 1.97 bits per heavy atom. The van der Waals surface area contributed by atoms with E-state index in [1.54, 1.807) is 18.3 Å². The summed E-state index contributed by atoms with van der Waals surface area (Å²) in [6, 6.07) is 6.59. The van der Waals surface area contributed by atoms with Crippen LogP contribution in [0.2, 0.25) is 0 Å². The third kappa shape index (κ3) is 6.33. The van der Waals surface area contributed by atoms with E-state index in [-0.39, 0.29) is 5.41 Å². The van der Waals surface area contributed by atoms with Gasteiger partial charge in [-0.1, -0.05) is 46.3 Å². The Bertz CT molecular complexity index is 911. The largest absolute Gasteiger partial charge is 0.493 e. The van der Waals surface area contributed by atoms with Crippen LogP contribution in [0.5, 0.6) is 5.75 Å². The van der Waals surface area contributed by atoms with Crippen molar-refractivity contribution in [3.8, 4) is 16.9 Å². The van der Waals surface area contributed by atoms with Gasteiger partial charge in [0.2, 0.25) is 0 Å². The molecule has 0 bridgehead atoms. The molecule has 0 unspecified atom stereocenters. The number of thiophene rings is 1. The topological polar surface area (TPSA) is 46.5 Å². The molecule has 4 heteroatoms. The van der Waals surface area contributed by atoms with E-state index in [0.717, 1.165) is 40.2 Å². The van der Waals surface area contributed by atoms with Crippen molar-refractivity contribution >= 4 is 23.4 Å². The normalized spacial score (nSPS) is 12.6. The van der Waals surface area contributed by atoms with E-state index < -0.39 is 5.97 Å². The third-order valence-electron chi connectivity index (χ3n) is 4.72. The first kappa shape index (κ1) is 23.0. The van der Waals surface area contributed by atoms with Gasteiger partial charge in [-0.2, -0.15) is 0 Å². The second-order valence-corrected chi connectivity index (χ2v) is 9.33. The number of carboxylic acid groups (broad SMARTS) is 1. The van der Waals surface area contributed by atoms with Crippen molar-refractivity contribution in [3.63, 3.8) is 0 Å². The SMILES string of the molecule is CCCCOc1c(C)cc(C(C)(C)C)cc1-c1ccsc1/C=C/C(C)=C/C(=O)O. The summed E-state index contributed by atoms with van der Waals surface area (Å²) in [7, 11) is 0. The van der Waals surface area contributed by atoms with Crippen molar-refractivity contribution in [2.45, 2.75) is 59.8 Å². The predicted octanol–water partition coefficient (Wildman–Crippen LogP) is 7.24. The second kappa shape index (κ2) is 9.93. The number of carboxylic acids is 1. The number of benzene rings is 1. The molecule has 2 aromatic rings. The lowest BCUT2D eigenvalue weighted by atomic mass is 9.84. The van der Waals surface area contributed by atoms with E-state index in [2.05, 4.69) is 58.2 Å². The average Bonchev–Trinajstić information content (AvgIpc) is 3.08. The molecule has 29 heavy (non-hydrogen) atoms. The fourth-order valence-corrected chi connectivity index (χ4v) is 3.84. The van der Waals surface area contributed by atoms with Crippen LogP contribution in [0.3, 0.4) is 0 Å². The highest BCUT2D eigenvalue weighted by molar-refractivity contribution is 7.11. The zero-order valence-electron chi connectivity index (χ0n) is 18.3. The summed E-state index contributed by atoms with van der Waals surface area (Å²) in [5, 5.41) is 11.0. The molecule has 0 aliphatic carbocycles. The zero-order valence-corrected chi connectivity index (χ0v) is 19.2. The standard InChI is InChI=1S/C25H32O3S/c1-7-8-12-28-24-18(3)15-19(25(4,5)6)16-21(24)20-11-13-29-22(20)10-9-17(2)14-23(26)27/h9-11,13-16H,7-8,12H2,1-6H3,(H,26,27)/b10-9+,17-14+. The van der Waals surface area contributed by atoms with Gasteiger partial charge in [0.15, 0.2) is 0 Å². The lowest BCUT2D eigenvalue weighted by molar-refractivity contribution is -0.131. The molecule has 3 nitrogen and oxygen atoms in total. The maximum atomic E-state index is 10.9. The van der Waals surface area contributed by atoms with Gasteiger partial charge in [0.25, 0.3) is 0 Å². The molecular weight excluding hydrogens is 380 g/mol. The summed E-state index contributed by atoms with van der Waals surface area (Å²) < 4.78 is 6.22. The number of hydrogen-bond acceptors (Lipinski definition) is 3. The Hall–Kier alpha value is -2.33. The Morgan fingerprint density at radius 3 is 2.59 bits per heavy atom. The Kier molecular flexibility index (Phi) is 7.86. The van der Waals surface area contributed by atoms with E-state index in [1.807, 2.05) is 12.2 Å². The molecule has 0 spiro atoms. The van der Waals surface area contributed by atoms with Crippen molar-refractivity contribution in [1.82, 2.24) is 0 Å². The van der Waals surface area contributed by atoms with E-state index in [0.29, 0.717) is 12.2 Å². The van der Waals surface area contributed by atoms with Crippen LogP contribution in [-0.4, -0.2) is 17.7 Å². The van der Waals surface area contributed by atoms with Crippen LogP contribution in [0.25, 0.3) is 17.2 Å². The second-order valence-electron chi connectivity index (χ2n) is 8.38. The first-order chi connectivity index (χ1) is 13.6. The van der Waals surface area contributed by atoms with Crippen LogP contribution in [0, 0.1) is 6.92 Å². The molecular formula is C25H32O3S. The smallest absolute Gasteiger partial charge is 0.328 e. The average molecular weight is 413 g/mol. The van der Waals surface area contributed by atoms with E-state index in [9.17, 15) is 4.79 Å².